The molecule has 0 aromatic carbocycles. The Hall–Kier alpha value is -2.52. The molecule has 20 unspecified atom stereocenters. The Labute approximate surface area is 330 Å². The van der Waals surface area contributed by atoms with Crippen molar-refractivity contribution >= 4 is 24.5 Å². The minimum Gasteiger partial charge on any atom is -0.479 e. The van der Waals surface area contributed by atoms with Crippen LogP contribution in [0.25, 0.3) is 0 Å². The van der Waals surface area contributed by atoms with Gasteiger partial charge in [-0.05, 0) is 0 Å². The lowest BCUT2D eigenvalue weighted by Crippen LogP contribution is -2.67. The number of hydrogen-bond donors (Lipinski definition) is 10. The summed E-state index contributed by atoms with van der Waals surface area (Å²) >= 11 is 0. The summed E-state index contributed by atoms with van der Waals surface area (Å²) in [6.45, 7) is -0.0150. The highest BCUT2D eigenvalue weighted by atomic mass is 16.7. The molecule has 26 heteroatoms. The van der Waals surface area contributed by atoms with Gasteiger partial charge in [0.05, 0.1) is 25.5 Å². The summed E-state index contributed by atoms with van der Waals surface area (Å²) in [5.41, 5.74) is 0. The van der Waals surface area contributed by atoms with Crippen molar-refractivity contribution in [2.75, 3.05) is 56.1 Å². The minimum absolute atomic E-state index is 0.00752. The molecule has 0 aliphatic carbocycles. The van der Waals surface area contributed by atoms with Crippen molar-refractivity contribution in [3.05, 3.63) is 0 Å². The van der Waals surface area contributed by atoms with Crippen LogP contribution in [0.3, 0.4) is 0 Å². The third kappa shape index (κ3) is 11.4. The highest BCUT2D eigenvalue weighted by Gasteiger charge is 2.55. The highest BCUT2D eigenvalue weighted by molar-refractivity contribution is 5.74. The molecule has 4 rings (SSSR count). The van der Waals surface area contributed by atoms with E-state index < -0.39 is 135 Å². The number of carboxylic acid groups (broad SMARTS) is 2. The molecule has 0 aromatic rings. The van der Waals surface area contributed by atoms with Crippen LogP contribution in [0.1, 0.15) is 0 Å². The molecule has 0 aromatic heterocycles. The van der Waals surface area contributed by atoms with E-state index in [9.17, 15) is 60.0 Å². The van der Waals surface area contributed by atoms with Gasteiger partial charge in [0.25, 0.3) is 0 Å². The van der Waals surface area contributed by atoms with Crippen molar-refractivity contribution < 1.29 is 117 Å². The summed E-state index contributed by atoms with van der Waals surface area (Å²) in [6, 6.07) is -1.80. The van der Waals surface area contributed by atoms with Gasteiger partial charge in [-0.2, -0.15) is 0 Å². The number of ether oxygens (including phenoxy) is 12. The van der Waals surface area contributed by atoms with Gasteiger partial charge in [0.15, 0.2) is 49.9 Å². The van der Waals surface area contributed by atoms with Crippen molar-refractivity contribution in [1.82, 2.24) is 10.6 Å². The van der Waals surface area contributed by atoms with E-state index in [4.69, 9.17) is 56.8 Å². The lowest BCUT2D eigenvalue weighted by Gasteiger charge is -2.46. The van der Waals surface area contributed by atoms with Crippen molar-refractivity contribution in [3.8, 4) is 0 Å². The SMILES string of the molecule is COCNC1C(OC)OC(C=O)C(O)C1OC1OC(C(=O)O)C(OC)C(O)C1O.COCNC1C(OC)OC(C=O)C(O)C1OC1OC(C(=O)O)C(OC)C(O)C1O. The second-order valence-corrected chi connectivity index (χ2v) is 13.1. The molecule has 58 heavy (non-hydrogen) atoms. The monoisotopic (exact) mass is 850 g/mol. The quantitative estimate of drug-likeness (QED) is 0.0452. The number of aldehydes is 2. The zero-order chi connectivity index (χ0) is 43.4. The molecular weight excluding hydrogens is 796 g/mol. The van der Waals surface area contributed by atoms with Gasteiger partial charge >= 0.3 is 11.9 Å². The van der Waals surface area contributed by atoms with Crippen LogP contribution in [0.2, 0.25) is 0 Å². The van der Waals surface area contributed by atoms with Crippen LogP contribution in [0, 0.1) is 0 Å². The molecule has 4 aliphatic rings. The fourth-order valence-corrected chi connectivity index (χ4v) is 6.62. The summed E-state index contributed by atoms with van der Waals surface area (Å²) in [7, 11) is 7.75. The molecule has 0 saturated carbocycles. The molecule has 4 fully saturated rings. The largest absolute Gasteiger partial charge is 0.479 e. The van der Waals surface area contributed by atoms with E-state index in [0.29, 0.717) is 12.6 Å². The van der Waals surface area contributed by atoms with Crippen LogP contribution in [0.4, 0.5) is 0 Å². The molecular formula is C32H54N2O24. The highest BCUT2D eigenvalue weighted by Crippen LogP contribution is 2.32. The van der Waals surface area contributed by atoms with Crippen molar-refractivity contribution in [3.63, 3.8) is 0 Å². The molecule has 4 saturated heterocycles. The first kappa shape index (κ1) is 49.8. The van der Waals surface area contributed by atoms with Gasteiger partial charge in [0, 0.05) is 42.7 Å². The summed E-state index contributed by atoms with van der Waals surface area (Å²) in [6.07, 6.45) is -25.6. The Morgan fingerprint density at radius 1 is 0.500 bits per heavy atom. The van der Waals surface area contributed by atoms with Crippen LogP contribution in [0.5, 0.6) is 0 Å². The number of methoxy groups -OCH3 is 6. The Morgan fingerprint density at radius 3 is 1.10 bits per heavy atom. The predicted octanol–water partition coefficient (Wildman–Crippen LogP) is -7.18. The number of aliphatic hydroxyl groups excluding tert-OH is 6. The van der Waals surface area contributed by atoms with E-state index in [1.165, 1.54) is 28.4 Å². The maximum absolute atomic E-state index is 11.5. The van der Waals surface area contributed by atoms with Gasteiger partial charge < -0.3 is 107 Å². The number of carbonyl (C=O) groups excluding carboxylic acids is 2. The van der Waals surface area contributed by atoms with Gasteiger partial charge in [-0.1, -0.05) is 0 Å². The zero-order valence-corrected chi connectivity index (χ0v) is 32.2. The number of aliphatic carboxylic acids is 2. The van der Waals surface area contributed by atoms with E-state index in [1.807, 2.05) is 0 Å². The first-order valence-corrected chi connectivity index (χ1v) is 17.5. The summed E-state index contributed by atoms with van der Waals surface area (Å²) in [5.74, 6) is -2.89. The molecule has 0 bridgehead atoms. The number of carboxylic acids is 2. The molecule has 10 N–H and O–H groups in total. The Morgan fingerprint density at radius 2 is 0.845 bits per heavy atom. The fourth-order valence-electron chi connectivity index (χ4n) is 6.62. The van der Waals surface area contributed by atoms with Crippen molar-refractivity contribution in [1.29, 1.82) is 0 Å². The second kappa shape index (κ2) is 23.5. The lowest BCUT2D eigenvalue weighted by molar-refractivity contribution is -0.336. The van der Waals surface area contributed by atoms with Gasteiger partial charge in [-0.25, -0.2) is 9.59 Å². The van der Waals surface area contributed by atoms with E-state index >= 15 is 0 Å². The predicted molar refractivity (Wildman–Crippen MR) is 181 cm³/mol. The molecule has 0 spiro atoms. The van der Waals surface area contributed by atoms with Gasteiger partial charge in [0.2, 0.25) is 0 Å². The molecule has 336 valence electrons. The van der Waals surface area contributed by atoms with Gasteiger partial charge in [0.1, 0.15) is 73.2 Å². The number of hydrogen-bond acceptors (Lipinski definition) is 24. The number of aliphatic hydroxyl groups is 6. The van der Waals surface area contributed by atoms with Crippen molar-refractivity contribution in [2.45, 2.75) is 123 Å². The lowest BCUT2D eigenvalue weighted by atomic mass is 9.95. The zero-order valence-electron chi connectivity index (χ0n) is 32.2. The molecule has 4 aliphatic heterocycles. The maximum Gasteiger partial charge on any atom is 0.335 e. The van der Waals surface area contributed by atoms with Crippen molar-refractivity contribution in [2.24, 2.45) is 0 Å². The van der Waals surface area contributed by atoms with Gasteiger partial charge in [-0.15, -0.1) is 0 Å². The molecule has 0 amide bonds. The number of rotatable bonds is 18. The van der Waals surface area contributed by atoms with E-state index in [0.717, 1.165) is 14.2 Å². The third-order valence-corrected chi connectivity index (χ3v) is 9.59. The summed E-state index contributed by atoms with van der Waals surface area (Å²) in [4.78, 5) is 45.5. The minimum atomic E-state index is -1.70. The third-order valence-electron chi connectivity index (χ3n) is 9.59. The van der Waals surface area contributed by atoms with E-state index in [2.05, 4.69) is 10.6 Å². The first-order valence-electron chi connectivity index (χ1n) is 17.5. The molecule has 4 heterocycles. The van der Waals surface area contributed by atoms with Crippen LogP contribution in [0.15, 0.2) is 0 Å². The van der Waals surface area contributed by atoms with Crippen LogP contribution < -0.4 is 10.6 Å². The Bertz CT molecular complexity index is 1190. The number of nitrogens with one attached hydrogen (secondary N) is 2. The Kier molecular flexibility index (Phi) is 20.2. The standard InChI is InChI=1S/2C16H27NO12/c2*1-24-5-17-7-11(8(19)6(4-18)27-15(7)26-3)28-16-10(21)9(20)12(25-2)13(29-16)14(22)23/h2*4,6-13,15-17,19-21H,5H2,1-3H3,(H,22,23). The van der Waals surface area contributed by atoms with Gasteiger partial charge in [-0.3, -0.25) is 10.6 Å². The summed E-state index contributed by atoms with van der Waals surface area (Å²) < 4.78 is 62.6. The average Bonchev–Trinajstić information content (AvgIpc) is 3.21. The molecule has 0 radical (unpaired) electrons. The van der Waals surface area contributed by atoms with Crippen LogP contribution in [-0.2, 0) is 76.0 Å². The number of carbonyl (C=O) groups is 4. The van der Waals surface area contributed by atoms with Crippen LogP contribution >= 0.6 is 0 Å². The maximum atomic E-state index is 11.5. The molecule has 20 atom stereocenters. The van der Waals surface area contributed by atoms with E-state index in [1.54, 1.807) is 0 Å². The second-order valence-electron chi connectivity index (χ2n) is 13.1. The average molecular weight is 851 g/mol. The van der Waals surface area contributed by atoms with Crippen LogP contribution in [-0.4, -0.2) is 244 Å². The first-order chi connectivity index (χ1) is 27.6. The topological polar surface area (TPSA) is 365 Å². The van der Waals surface area contributed by atoms with E-state index in [-0.39, 0.29) is 13.5 Å². The Balaban J connectivity index is 0.000000310. The smallest absolute Gasteiger partial charge is 0.335 e. The molecule has 26 nitrogen and oxygen atoms in total. The summed E-state index contributed by atoms with van der Waals surface area (Å²) in [5, 5.41) is 86.5. The fraction of sp³-hybridized carbons (Fsp3) is 0.875. The normalized spacial score (nSPS) is 43.1.